The Morgan fingerprint density at radius 3 is 2.57 bits per heavy atom. The van der Waals surface area contributed by atoms with E-state index in [4.69, 9.17) is 11.6 Å². The fraction of sp³-hybridized carbons (Fsp3) is 0.238. The van der Waals surface area contributed by atoms with E-state index in [-0.39, 0.29) is 5.91 Å². The largest absolute Gasteiger partial charge is 0.326 e. The first-order chi connectivity index (χ1) is 13.5. The third kappa shape index (κ3) is 4.76. The highest BCUT2D eigenvalue weighted by molar-refractivity contribution is 7.98. The fourth-order valence-electron chi connectivity index (χ4n) is 3.05. The number of carbonyl (C=O) groups is 1. The number of rotatable bonds is 7. The molecule has 28 heavy (non-hydrogen) atoms. The molecule has 2 N–H and O–H groups in total. The molecular formula is C21H24ClN4OS+. The van der Waals surface area contributed by atoms with Gasteiger partial charge in [-0.3, -0.25) is 4.79 Å². The number of amides is 1. The molecule has 2 aromatic carbocycles. The summed E-state index contributed by atoms with van der Waals surface area (Å²) in [7, 11) is 1.98. The number of hydrogen-bond acceptors (Lipinski definition) is 3. The van der Waals surface area contributed by atoms with Crippen LogP contribution < -0.4 is 10.2 Å². The van der Waals surface area contributed by atoms with Gasteiger partial charge < -0.3 is 10.2 Å². The number of nitrogens with one attached hydrogen (secondary N) is 2. The van der Waals surface area contributed by atoms with Gasteiger partial charge in [-0.05, 0) is 37.4 Å². The van der Waals surface area contributed by atoms with Gasteiger partial charge in [0.2, 0.25) is 0 Å². The van der Waals surface area contributed by atoms with Crippen molar-refractivity contribution >= 4 is 35.0 Å². The number of aryl methyl sites for hydroxylation is 1. The summed E-state index contributed by atoms with van der Waals surface area (Å²) in [5.41, 5.74) is 3.60. The number of nitrogens with zero attached hydrogens (tertiary/aromatic N) is 2. The molecule has 3 rings (SSSR count). The highest BCUT2D eigenvalue weighted by Gasteiger charge is 2.20. The average molecular weight is 416 g/mol. The first kappa shape index (κ1) is 20.5. The van der Waals surface area contributed by atoms with Crippen molar-refractivity contribution in [1.29, 1.82) is 0 Å². The lowest BCUT2D eigenvalue weighted by molar-refractivity contribution is -0.885. The number of aromatic nitrogens is 2. The highest BCUT2D eigenvalue weighted by Crippen LogP contribution is 2.24. The van der Waals surface area contributed by atoms with Crippen molar-refractivity contribution < 1.29 is 9.69 Å². The van der Waals surface area contributed by atoms with Gasteiger partial charge in [0.05, 0.1) is 29.7 Å². The summed E-state index contributed by atoms with van der Waals surface area (Å²) >= 11 is 8.21. The van der Waals surface area contributed by atoms with Crippen LogP contribution in [0.25, 0.3) is 5.69 Å². The molecule has 1 amide bonds. The van der Waals surface area contributed by atoms with E-state index < -0.39 is 0 Å². The number of para-hydroxylation sites is 2. The van der Waals surface area contributed by atoms with E-state index in [0.29, 0.717) is 18.2 Å². The molecule has 0 spiro atoms. The van der Waals surface area contributed by atoms with Gasteiger partial charge in [0.1, 0.15) is 11.7 Å². The first-order valence-corrected chi connectivity index (χ1v) is 10.6. The fourth-order valence-corrected chi connectivity index (χ4v) is 3.95. The lowest BCUT2D eigenvalue weighted by atomic mass is 10.2. The van der Waals surface area contributed by atoms with E-state index in [0.717, 1.165) is 32.4 Å². The van der Waals surface area contributed by atoms with Crippen LogP contribution in [0, 0.1) is 6.92 Å². The molecule has 0 aliphatic heterocycles. The van der Waals surface area contributed by atoms with Crippen molar-refractivity contribution in [1.82, 2.24) is 9.78 Å². The molecule has 1 atom stereocenters. The SMILES string of the molecule is CSc1ccccc1NC(=O)C[NH+](C)Cc1c(C)nn(-c2ccccc2)c1Cl. The monoisotopic (exact) mass is 415 g/mol. The predicted octanol–water partition coefficient (Wildman–Crippen LogP) is 3.21. The summed E-state index contributed by atoms with van der Waals surface area (Å²) in [4.78, 5) is 14.6. The molecule has 0 fully saturated rings. The summed E-state index contributed by atoms with van der Waals surface area (Å²) < 4.78 is 1.74. The van der Waals surface area contributed by atoms with Gasteiger partial charge in [0.25, 0.3) is 5.91 Å². The van der Waals surface area contributed by atoms with E-state index in [1.165, 1.54) is 0 Å². The number of halogens is 1. The Morgan fingerprint density at radius 1 is 1.18 bits per heavy atom. The van der Waals surface area contributed by atoms with Gasteiger partial charge in [0.15, 0.2) is 6.54 Å². The minimum absolute atomic E-state index is 0.0248. The molecule has 0 radical (unpaired) electrons. The van der Waals surface area contributed by atoms with Crippen molar-refractivity contribution in [3.8, 4) is 5.69 Å². The van der Waals surface area contributed by atoms with Crippen LogP contribution in [-0.4, -0.2) is 35.5 Å². The third-order valence-corrected chi connectivity index (χ3v) is 5.63. The zero-order chi connectivity index (χ0) is 20.1. The lowest BCUT2D eigenvalue weighted by Crippen LogP contribution is -3.08. The number of quaternary nitrogens is 1. The van der Waals surface area contributed by atoms with Crippen molar-refractivity contribution in [2.45, 2.75) is 18.4 Å². The van der Waals surface area contributed by atoms with E-state index in [2.05, 4.69) is 10.4 Å². The molecular weight excluding hydrogens is 392 g/mol. The van der Waals surface area contributed by atoms with E-state index >= 15 is 0 Å². The summed E-state index contributed by atoms with van der Waals surface area (Å²) in [6.45, 7) is 2.91. The molecule has 0 bridgehead atoms. The Morgan fingerprint density at radius 2 is 1.86 bits per heavy atom. The van der Waals surface area contributed by atoms with Gasteiger partial charge >= 0.3 is 0 Å². The molecule has 0 aliphatic carbocycles. The molecule has 0 saturated heterocycles. The maximum absolute atomic E-state index is 12.5. The minimum Gasteiger partial charge on any atom is -0.326 e. The second-order valence-electron chi connectivity index (χ2n) is 6.66. The number of anilines is 1. The molecule has 1 unspecified atom stereocenters. The van der Waals surface area contributed by atoms with Crippen LogP contribution in [0.4, 0.5) is 5.69 Å². The highest BCUT2D eigenvalue weighted by atomic mass is 35.5. The van der Waals surface area contributed by atoms with E-state index in [9.17, 15) is 4.79 Å². The van der Waals surface area contributed by atoms with Crippen LogP contribution in [0.5, 0.6) is 0 Å². The zero-order valence-corrected chi connectivity index (χ0v) is 17.8. The molecule has 146 valence electrons. The maximum Gasteiger partial charge on any atom is 0.279 e. The van der Waals surface area contributed by atoms with Gasteiger partial charge in [-0.15, -0.1) is 11.8 Å². The second-order valence-corrected chi connectivity index (χ2v) is 7.87. The summed E-state index contributed by atoms with van der Waals surface area (Å²) in [5.74, 6) is -0.0248. The van der Waals surface area contributed by atoms with Crippen molar-refractivity contribution in [3.63, 3.8) is 0 Å². The smallest absolute Gasteiger partial charge is 0.279 e. The summed E-state index contributed by atoms with van der Waals surface area (Å²) in [6.07, 6.45) is 2.00. The molecule has 1 aromatic heterocycles. The van der Waals surface area contributed by atoms with Crippen LogP contribution in [0.15, 0.2) is 59.5 Å². The molecule has 3 aromatic rings. The number of hydrogen-bond donors (Lipinski definition) is 2. The van der Waals surface area contributed by atoms with Gasteiger partial charge in [-0.25, -0.2) is 4.68 Å². The summed E-state index contributed by atoms with van der Waals surface area (Å²) in [5, 5.41) is 8.17. The van der Waals surface area contributed by atoms with E-state index in [1.807, 2.05) is 74.8 Å². The van der Waals surface area contributed by atoms with Crippen molar-refractivity contribution in [2.24, 2.45) is 0 Å². The Hall–Kier alpha value is -2.28. The van der Waals surface area contributed by atoms with Gasteiger partial charge in [0, 0.05) is 4.90 Å². The van der Waals surface area contributed by atoms with Crippen LogP contribution in [-0.2, 0) is 11.3 Å². The zero-order valence-electron chi connectivity index (χ0n) is 16.2. The number of thioether (sulfide) groups is 1. The molecule has 7 heteroatoms. The average Bonchev–Trinajstić information content (AvgIpc) is 2.97. The Labute approximate surface area is 174 Å². The molecule has 0 saturated carbocycles. The van der Waals surface area contributed by atoms with Crippen LogP contribution in [0.1, 0.15) is 11.3 Å². The van der Waals surface area contributed by atoms with Crippen molar-refractivity contribution in [2.75, 3.05) is 25.2 Å². The van der Waals surface area contributed by atoms with Gasteiger partial charge in [-0.2, -0.15) is 5.10 Å². The van der Waals surface area contributed by atoms with E-state index in [1.54, 1.807) is 16.4 Å². The standard InChI is InChI=1S/C21H23ClN4OS/c1-15-17(21(22)26(24-15)16-9-5-4-6-10-16)13-25(2)14-20(27)23-18-11-7-8-12-19(18)28-3/h4-12H,13-14H2,1-3H3,(H,23,27)/p+1. The lowest BCUT2D eigenvalue weighted by Gasteiger charge is -2.15. The number of likely N-dealkylation sites (N-methyl/N-ethyl adjacent to an activating group) is 1. The number of carbonyl (C=O) groups excluding carboxylic acids is 1. The topological polar surface area (TPSA) is 51.4 Å². The van der Waals surface area contributed by atoms with Crippen LogP contribution in [0.2, 0.25) is 5.15 Å². The third-order valence-electron chi connectivity index (χ3n) is 4.44. The van der Waals surface area contributed by atoms with Crippen LogP contribution >= 0.6 is 23.4 Å². The quantitative estimate of drug-likeness (QED) is 0.582. The normalized spacial score (nSPS) is 12.0. The van der Waals surface area contributed by atoms with Crippen molar-refractivity contribution in [3.05, 3.63) is 71.0 Å². The molecule has 1 heterocycles. The summed E-state index contributed by atoms with van der Waals surface area (Å²) in [6, 6.07) is 17.6. The Kier molecular flexibility index (Phi) is 6.78. The van der Waals surface area contributed by atoms with Crippen LogP contribution in [0.3, 0.4) is 0 Å². The Balaban J connectivity index is 1.67. The Bertz CT molecular complexity index is 958. The molecule has 5 nitrogen and oxygen atoms in total. The van der Waals surface area contributed by atoms with Gasteiger partial charge in [-0.1, -0.05) is 41.9 Å². The first-order valence-electron chi connectivity index (χ1n) is 9.03. The molecule has 0 aliphatic rings. The predicted molar refractivity (Wildman–Crippen MR) is 116 cm³/mol. The second kappa shape index (κ2) is 9.28. The number of benzene rings is 2. The minimum atomic E-state index is -0.0248. The maximum atomic E-state index is 12.5.